The lowest BCUT2D eigenvalue weighted by Crippen LogP contribution is -2.01. The zero-order chi connectivity index (χ0) is 19.8. The van der Waals surface area contributed by atoms with Gasteiger partial charge in [-0.05, 0) is 39.7 Å². The van der Waals surface area contributed by atoms with Crippen LogP contribution < -0.4 is 4.74 Å². The molecule has 0 atom stereocenters. The van der Waals surface area contributed by atoms with Crippen LogP contribution in [0.1, 0.15) is 0 Å². The van der Waals surface area contributed by atoms with Crippen LogP contribution >= 0.6 is 0 Å². The van der Waals surface area contributed by atoms with E-state index in [1.54, 1.807) is 18.2 Å². The quantitative estimate of drug-likeness (QED) is 0.435. The summed E-state index contributed by atoms with van der Waals surface area (Å²) >= 11 is 0. The summed E-state index contributed by atoms with van der Waals surface area (Å²) < 4.78 is 5.36. The Morgan fingerprint density at radius 2 is 1.28 bits per heavy atom. The van der Waals surface area contributed by atoms with Crippen molar-refractivity contribution in [1.29, 1.82) is 0 Å². The molecule has 1 heterocycles. The number of phenolic OH excluding ortho intramolecular Hbond substituents is 1. The number of benzene rings is 4. The Labute approximate surface area is 167 Å². The van der Waals surface area contributed by atoms with Crippen molar-refractivity contribution in [2.75, 3.05) is 7.11 Å². The number of methoxy groups -OCH3 is 1. The van der Waals surface area contributed by atoms with Crippen molar-refractivity contribution >= 4 is 21.5 Å². The van der Waals surface area contributed by atoms with E-state index in [1.807, 2.05) is 30.3 Å². The molecule has 5 nitrogen and oxygen atoms in total. The monoisotopic (exact) mass is 379 g/mol. The lowest BCUT2D eigenvalue weighted by Gasteiger charge is -2.12. The first-order chi connectivity index (χ1) is 14.2. The highest BCUT2D eigenvalue weighted by Gasteiger charge is 2.17. The van der Waals surface area contributed by atoms with Crippen LogP contribution in [-0.4, -0.2) is 27.2 Å². The fraction of sp³-hybridized carbons (Fsp3) is 0.0417. The highest BCUT2D eigenvalue weighted by molar-refractivity contribution is 6.11. The van der Waals surface area contributed by atoms with Crippen molar-refractivity contribution in [3.8, 4) is 34.5 Å². The van der Waals surface area contributed by atoms with Crippen LogP contribution in [0.5, 0.6) is 11.8 Å². The predicted molar refractivity (Wildman–Crippen MR) is 114 cm³/mol. The third-order valence-corrected chi connectivity index (χ3v) is 4.94. The average molecular weight is 379 g/mol. The number of nitrogens with zero attached hydrogens (tertiary/aromatic N) is 3. The number of rotatable bonds is 3. The van der Waals surface area contributed by atoms with E-state index >= 15 is 0 Å². The average Bonchev–Trinajstić information content (AvgIpc) is 2.77. The van der Waals surface area contributed by atoms with Crippen molar-refractivity contribution in [3.05, 3.63) is 78.9 Å². The van der Waals surface area contributed by atoms with E-state index in [0.717, 1.165) is 27.1 Å². The standard InChI is InChI=1S/C24H17N3O2/c1-29-24-26-22(19-12-6-7-13-20(19)28)25-23(27-24)21-17-10-4-2-8-15(17)14-16-9-3-5-11-18(16)21/h2-14,28H,1H3. The Bertz CT molecular complexity index is 1310. The summed E-state index contributed by atoms with van der Waals surface area (Å²) in [4.78, 5) is 13.6. The summed E-state index contributed by atoms with van der Waals surface area (Å²) in [5, 5.41) is 14.6. The molecule has 0 unspecified atom stereocenters. The molecule has 1 N–H and O–H groups in total. The van der Waals surface area contributed by atoms with E-state index in [-0.39, 0.29) is 11.8 Å². The summed E-state index contributed by atoms with van der Waals surface area (Å²) in [6.07, 6.45) is 0. The molecule has 140 valence electrons. The first kappa shape index (κ1) is 17.1. The van der Waals surface area contributed by atoms with Crippen LogP contribution in [0.4, 0.5) is 0 Å². The minimum Gasteiger partial charge on any atom is -0.507 e. The molecule has 0 aliphatic heterocycles. The molecular weight excluding hydrogens is 362 g/mol. The maximum atomic E-state index is 10.3. The number of ether oxygens (including phenoxy) is 1. The number of aromatic nitrogens is 3. The molecule has 5 aromatic rings. The van der Waals surface area contributed by atoms with Gasteiger partial charge < -0.3 is 9.84 Å². The Morgan fingerprint density at radius 1 is 0.690 bits per heavy atom. The van der Waals surface area contributed by atoms with Crippen molar-refractivity contribution in [1.82, 2.24) is 15.0 Å². The number of hydrogen-bond donors (Lipinski definition) is 1. The second kappa shape index (κ2) is 6.87. The lowest BCUT2D eigenvalue weighted by atomic mass is 9.96. The Balaban J connectivity index is 1.87. The van der Waals surface area contributed by atoms with Gasteiger partial charge in [-0.15, -0.1) is 0 Å². The number of aromatic hydroxyl groups is 1. The van der Waals surface area contributed by atoms with Crippen LogP contribution in [0.15, 0.2) is 78.9 Å². The topological polar surface area (TPSA) is 68.1 Å². The molecule has 0 spiro atoms. The molecule has 0 fully saturated rings. The van der Waals surface area contributed by atoms with Crippen LogP contribution in [0, 0.1) is 0 Å². The Hall–Kier alpha value is -3.99. The van der Waals surface area contributed by atoms with E-state index < -0.39 is 0 Å². The van der Waals surface area contributed by atoms with Gasteiger partial charge in [-0.2, -0.15) is 9.97 Å². The summed E-state index contributed by atoms with van der Waals surface area (Å²) in [6, 6.07) is 25.7. The van der Waals surface area contributed by atoms with Gasteiger partial charge in [0.2, 0.25) is 0 Å². The van der Waals surface area contributed by atoms with Crippen molar-refractivity contribution in [2.45, 2.75) is 0 Å². The SMILES string of the molecule is COc1nc(-c2ccccc2O)nc(-c2c3ccccc3cc3ccccc23)n1. The molecular formula is C24H17N3O2. The smallest absolute Gasteiger partial charge is 0.320 e. The third kappa shape index (κ3) is 2.93. The molecule has 0 aliphatic rings. The zero-order valence-corrected chi connectivity index (χ0v) is 15.7. The van der Waals surface area contributed by atoms with Crippen molar-refractivity contribution in [2.24, 2.45) is 0 Å². The van der Waals surface area contributed by atoms with Crippen LogP contribution in [0.25, 0.3) is 44.3 Å². The van der Waals surface area contributed by atoms with Crippen molar-refractivity contribution < 1.29 is 9.84 Å². The molecule has 5 heteroatoms. The highest BCUT2D eigenvalue weighted by Crippen LogP contribution is 2.36. The molecule has 29 heavy (non-hydrogen) atoms. The maximum absolute atomic E-state index is 10.3. The van der Waals surface area contributed by atoms with E-state index in [4.69, 9.17) is 9.72 Å². The molecule has 0 amide bonds. The van der Waals surface area contributed by atoms with Crippen molar-refractivity contribution in [3.63, 3.8) is 0 Å². The summed E-state index contributed by atoms with van der Waals surface area (Å²) in [7, 11) is 1.52. The molecule has 0 saturated heterocycles. The molecule has 4 aromatic carbocycles. The fourth-order valence-electron chi connectivity index (χ4n) is 3.60. The number of fused-ring (bicyclic) bond motifs is 2. The summed E-state index contributed by atoms with van der Waals surface area (Å²) in [6.45, 7) is 0. The Kier molecular flexibility index (Phi) is 4.06. The van der Waals surface area contributed by atoms with Crippen LogP contribution in [-0.2, 0) is 0 Å². The van der Waals surface area contributed by atoms with E-state index in [9.17, 15) is 5.11 Å². The van der Waals surface area contributed by atoms with Gasteiger partial charge in [-0.25, -0.2) is 4.98 Å². The molecule has 0 aliphatic carbocycles. The second-order valence-electron chi connectivity index (χ2n) is 6.68. The first-order valence-corrected chi connectivity index (χ1v) is 9.24. The minimum atomic E-state index is 0.106. The van der Waals surface area contributed by atoms with Crippen LogP contribution in [0.3, 0.4) is 0 Å². The van der Waals surface area contributed by atoms with E-state index in [1.165, 1.54) is 7.11 Å². The third-order valence-electron chi connectivity index (χ3n) is 4.94. The van der Waals surface area contributed by atoms with Gasteiger partial charge in [0, 0.05) is 5.56 Å². The highest BCUT2D eigenvalue weighted by atomic mass is 16.5. The first-order valence-electron chi connectivity index (χ1n) is 9.24. The lowest BCUT2D eigenvalue weighted by molar-refractivity contribution is 0.379. The molecule has 1 aromatic heterocycles. The summed E-state index contributed by atoms with van der Waals surface area (Å²) in [5.74, 6) is 0.972. The number of para-hydroxylation sites is 1. The van der Waals surface area contributed by atoms with Gasteiger partial charge in [-0.3, -0.25) is 0 Å². The van der Waals surface area contributed by atoms with Gasteiger partial charge in [0.25, 0.3) is 0 Å². The van der Waals surface area contributed by atoms with Crippen LogP contribution in [0.2, 0.25) is 0 Å². The predicted octanol–water partition coefficient (Wildman–Crippen LogP) is 5.23. The van der Waals surface area contributed by atoms with Gasteiger partial charge in [0.05, 0.1) is 12.7 Å². The molecule has 5 rings (SSSR count). The van der Waals surface area contributed by atoms with E-state index in [2.05, 4.69) is 40.3 Å². The van der Waals surface area contributed by atoms with Gasteiger partial charge in [0.1, 0.15) is 5.75 Å². The normalized spacial score (nSPS) is 11.1. The molecule has 0 bridgehead atoms. The van der Waals surface area contributed by atoms with Gasteiger partial charge in [-0.1, -0.05) is 60.7 Å². The Morgan fingerprint density at radius 3 is 1.93 bits per heavy atom. The second-order valence-corrected chi connectivity index (χ2v) is 6.68. The maximum Gasteiger partial charge on any atom is 0.320 e. The molecule has 0 radical (unpaired) electrons. The fourth-order valence-corrected chi connectivity index (χ4v) is 3.60. The van der Waals surface area contributed by atoms with E-state index in [0.29, 0.717) is 17.2 Å². The molecule has 0 saturated carbocycles. The number of phenols is 1. The van der Waals surface area contributed by atoms with Gasteiger partial charge in [0.15, 0.2) is 11.6 Å². The zero-order valence-electron chi connectivity index (χ0n) is 15.7. The minimum absolute atomic E-state index is 0.106. The number of hydrogen-bond acceptors (Lipinski definition) is 5. The summed E-state index contributed by atoms with van der Waals surface area (Å²) in [5.41, 5.74) is 1.44. The largest absolute Gasteiger partial charge is 0.507 e. The van der Waals surface area contributed by atoms with Gasteiger partial charge >= 0.3 is 6.01 Å².